The van der Waals surface area contributed by atoms with E-state index in [1.54, 1.807) is 6.07 Å². The number of hydrogen-bond donors (Lipinski definition) is 0. The Hall–Kier alpha value is -1.69. The maximum absolute atomic E-state index is 12.9. The van der Waals surface area contributed by atoms with Crippen LogP contribution in [-0.2, 0) is 9.53 Å². The molecule has 0 radical (unpaired) electrons. The van der Waals surface area contributed by atoms with E-state index in [1.807, 2.05) is 69.3 Å². The van der Waals surface area contributed by atoms with Crippen molar-refractivity contribution < 1.29 is 14.3 Å². The molecule has 0 aliphatic heterocycles. The van der Waals surface area contributed by atoms with E-state index in [4.69, 9.17) is 4.74 Å². The van der Waals surface area contributed by atoms with Gasteiger partial charge in [-0.25, -0.2) is 0 Å². The van der Waals surface area contributed by atoms with Gasteiger partial charge in [-0.05, 0) is 49.7 Å². The average molecular weight is 492 g/mol. The molecule has 0 saturated heterocycles. The van der Waals surface area contributed by atoms with E-state index in [9.17, 15) is 9.59 Å². The van der Waals surface area contributed by atoms with Gasteiger partial charge in [0.15, 0.2) is 5.78 Å². The lowest BCUT2D eigenvalue weighted by atomic mass is 9.90. The van der Waals surface area contributed by atoms with Gasteiger partial charge in [0.1, 0.15) is 5.60 Å². The molecule has 0 amide bonds. The summed E-state index contributed by atoms with van der Waals surface area (Å²) in [6.45, 7) is 5.65. The summed E-state index contributed by atoms with van der Waals surface area (Å²) in [6, 6.07) is 16.7. The fourth-order valence-corrected chi connectivity index (χ4v) is 3.61. The number of rotatable bonds is 9. The van der Waals surface area contributed by atoms with Crippen molar-refractivity contribution in [1.82, 2.24) is 0 Å². The van der Waals surface area contributed by atoms with E-state index >= 15 is 0 Å². The van der Waals surface area contributed by atoms with Gasteiger partial charge in [0.25, 0.3) is 0 Å². The molecule has 3 nitrogen and oxygen atoms in total. The highest BCUT2D eigenvalue weighted by atomic mass is 127. The molecule has 0 saturated carbocycles. The number of carbonyl (C=O) groups excluding carboxylic acids is 2. The molecule has 0 aromatic heterocycles. The highest BCUT2D eigenvalue weighted by Crippen LogP contribution is 2.28. The molecule has 2 aromatic rings. The monoisotopic (exact) mass is 492 g/mol. The molecule has 0 N–H and O–H groups in total. The van der Waals surface area contributed by atoms with Crippen molar-refractivity contribution in [2.45, 2.75) is 58.0 Å². The molecule has 1 unspecified atom stereocenters. The number of alkyl halides is 1. The van der Waals surface area contributed by atoms with Crippen LogP contribution in [0.3, 0.4) is 0 Å². The van der Waals surface area contributed by atoms with Crippen LogP contribution in [0.5, 0.6) is 0 Å². The maximum Gasteiger partial charge on any atom is 0.313 e. The minimum atomic E-state index is -0.533. The fraction of sp³-hybridized carbons (Fsp3) is 0.417. The molecule has 0 bridgehead atoms. The van der Waals surface area contributed by atoms with Gasteiger partial charge in [-0.3, -0.25) is 9.59 Å². The van der Waals surface area contributed by atoms with Crippen LogP contribution >= 0.6 is 22.6 Å². The normalized spacial score (nSPS) is 12.4. The van der Waals surface area contributed by atoms with Crippen LogP contribution in [0.2, 0.25) is 0 Å². The number of hydrogen-bond acceptors (Lipinski definition) is 3. The van der Waals surface area contributed by atoms with Crippen LogP contribution in [-0.4, -0.2) is 21.8 Å². The van der Waals surface area contributed by atoms with Gasteiger partial charge in [-0.2, -0.15) is 0 Å². The Bertz CT molecular complexity index is 778. The van der Waals surface area contributed by atoms with Crippen LogP contribution in [0.15, 0.2) is 54.6 Å². The molecule has 0 heterocycles. The molecule has 0 aliphatic rings. The van der Waals surface area contributed by atoms with E-state index in [0.29, 0.717) is 11.1 Å². The Morgan fingerprint density at radius 3 is 2.25 bits per heavy atom. The SMILES string of the molecule is CC(C)(C)OC(=O)C(CCCCCI)c1cccc(C(=O)c2ccccc2)c1. The Balaban J connectivity index is 2.26. The van der Waals surface area contributed by atoms with Gasteiger partial charge in [-0.15, -0.1) is 0 Å². The quantitative estimate of drug-likeness (QED) is 0.135. The molecule has 150 valence electrons. The lowest BCUT2D eigenvalue weighted by Crippen LogP contribution is -2.28. The van der Waals surface area contributed by atoms with Crippen LogP contribution < -0.4 is 0 Å². The first-order valence-corrected chi connectivity index (χ1v) is 11.3. The molecule has 2 rings (SSSR count). The number of halogens is 1. The highest BCUT2D eigenvalue weighted by Gasteiger charge is 2.27. The van der Waals surface area contributed by atoms with Gasteiger partial charge >= 0.3 is 5.97 Å². The van der Waals surface area contributed by atoms with Gasteiger partial charge < -0.3 is 4.74 Å². The second-order valence-corrected chi connectivity index (χ2v) is 9.02. The predicted molar refractivity (Wildman–Crippen MR) is 122 cm³/mol. The second kappa shape index (κ2) is 10.7. The smallest absolute Gasteiger partial charge is 0.313 e. The summed E-state index contributed by atoms with van der Waals surface area (Å²) < 4.78 is 6.79. The number of benzene rings is 2. The third-order valence-electron chi connectivity index (χ3n) is 4.40. The first-order chi connectivity index (χ1) is 13.3. The summed E-state index contributed by atoms with van der Waals surface area (Å²) in [5, 5.41) is 0. The maximum atomic E-state index is 12.9. The van der Waals surface area contributed by atoms with Gasteiger partial charge in [0.05, 0.1) is 5.92 Å². The second-order valence-electron chi connectivity index (χ2n) is 7.94. The van der Waals surface area contributed by atoms with E-state index < -0.39 is 5.60 Å². The summed E-state index contributed by atoms with van der Waals surface area (Å²) in [5.41, 5.74) is 1.57. The van der Waals surface area contributed by atoms with Crippen LogP contribution in [0, 0.1) is 0 Å². The highest BCUT2D eigenvalue weighted by molar-refractivity contribution is 14.1. The first kappa shape index (κ1) is 22.6. The van der Waals surface area contributed by atoms with Crippen LogP contribution in [0.25, 0.3) is 0 Å². The molecule has 28 heavy (non-hydrogen) atoms. The van der Waals surface area contributed by atoms with Crippen LogP contribution in [0.1, 0.15) is 73.9 Å². The largest absolute Gasteiger partial charge is 0.459 e. The van der Waals surface area contributed by atoms with Crippen LogP contribution in [0.4, 0.5) is 0 Å². The number of esters is 1. The zero-order valence-corrected chi connectivity index (χ0v) is 19.1. The van der Waals surface area contributed by atoms with E-state index in [2.05, 4.69) is 22.6 Å². The minimum Gasteiger partial charge on any atom is -0.459 e. The molecule has 4 heteroatoms. The molecule has 0 spiro atoms. The molecule has 0 aliphatic carbocycles. The molecular weight excluding hydrogens is 463 g/mol. The predicted octanol–water partition coefficient (Wildman–Crippen LogP) is 6.34. The van der Waals surface area contributed by atoms with Crippen molar-refractivity contribution in [3.05, 3.63) is 71.3 Å². The summed E-state index contributed by atoms with van der Waals surface area (Å²) in [4.78, 5) is 25.7. The van der Waals surface area contributed by atoms with Gasteiger partial charge in [0.2, 0.25) is 0 Å². The summed E-state index contributed by atoms with van der Waals surface area (Å²) in [7, 11) is 0. The number of ether oxygens (including phenoxy) is 1. The Morgan fingerprint density at radius 2 is 1.61 bits per heavy atom. The number of carbonyl (C=O) groups is 2. The lowest BCUT2D eigenvalue weighted by molar-refractivity contribution is -0.157. The van der Waals surface area contributed by atoms with Crippen molar-refractivity contribution >= 4 is 34.3 Å². The third kappa shape index (κ3) is 7.04. The Labute approximate surface area is 182 Å². The standard InChI is InChI=1S/C24H29IO3/c1-24(2,3)28-23(27)21(15-8-5-9-16-25)19-13-10-14-20(17-19)22(26)18-11-6-4-7-12-18/h4,6-7,10-14,17,21H,5,8-9,15-16H2,1-3H3. The molecule has 2 aromatic carbocycles. The number of ketones is 1. The van der Waals surface area contributed by atoms with Gasteiger partial charge in [0, 0.05) is 11.1 Å². The van der Waals surface area contributed by atoms with Crippen molar-refractivity contribution in [3.8, 4) is 0 Å². The fourth-order valence-electron chi connectivity index (χ4n) is 3.07. The van der Waals surface area contributed by atoms with Crippen molar-refractivity contribution in [3.63, 3.8) is 0 Å². The zero-order chi connectivity index (χ0) is 20.6. The van der Waals surface area contributed by atoms with E-state index in [1.165, 1.54) is 0 Å². The van der Waals surface area contributed by atoms with Gasteiger partial charge in [-0.1, -0.05) is 84.0 Å². The van der Waals surface area contributed by atoms with Crippen molar-refractivity contribution in [2.75, 3.05) is 4.43 Å². The summed E-state index contributed by atoms with van der Waals surface area (Å²) in [6.07, 6.45) is 3.93. The molecule has 1 atom stereocenters. The average Bonchev–Trinajstić information content (AvgIpc) is 2.67. The van der Waals surface area contributed by atoms with Crippen molar-refractivity contribution in [2.24, 2.45) is 0 Å². The lowest BCUT2D eigenvalue weighted by Gasteiger charge is -2.24. The zero-order valence-electron chi connectivity index (χ0n) is 16.9. The number of unbranched alkanes of at least 4 members (excludes halogenated alkanes) is 2. The molecular formula is C24H29IO3. The summed E-state index contributed by atoms with van der Waals surface area (Å²) >= 11 is 2.38. The van der Waals surface area contributed by atoms with E-state index in [-0.39, 0.29) is 17.7 Å². The Kier molecular flexibility index (Phi) is 8.67. The summed E-state index contributed by atoms with van der Waals surface area (Å²) in [5.74, 6) is -0.599. The third-order valence-corrected chi connectivity index (χ3v) is 5.17. The topological polar surface area (TPSA) is 43.4 Å². The molecule has 0 fully saturated rings. The minimum absolute atomic E-state index is 0.0321. The first-order valence-electron chi connectivity index (χ1n) is 9.80. The van der Waals surface area contributed by atoms with E-state index in [0.717, 1.165) is 35.7 Å². The Morgan fingerprint density at radius 1 is 0.929 bits per heavy atom. The van der Waals surface area contributed by atoms with Crippen molar-refractivity contribution in [1.29, 1.82) is 0 Å².